The Morgan fingerprint density at radius 2 is 1.77 bits per heavy atom. The molecule has 0 bridgehead atoms. The van der Waals surface area contributed by atoms with E-state index < -0.39 is 49.2 Å². The molecule has 0 aliphatic carbocycles. The molecule has 0 saturated carbocycles. The number of carbonyl (C=O) groups is 2. The number of amides is 1. The Hall–Kier alpha value is -1.10. The first kappa shape index (κ1) is 18.9. The monoisotopic (exact) mass is 320 g/mol. The third-order valence-electron chi connectivity index (χ3n) is 3.54. The maximum Gasteiger partial charge on any atom is 0.224 e. The first-order valence-corrected chi connectivity index (χ1v) is 7.08. The summed E-state index contributed by atoms with van der Waals surface area (Å²) in [5, 5.41) is 40.3. The van der Waals surface area contributed by atoms with Crippen molar-refractivity contribution in [1.82, 2.24) is 5.32 Å². The standard InChI is InChI=1S/C13H24N2O7/c1-5(2)9(18)6(14)3-8(17)15-13-12(21)11(20)10(19)7(4-16)22-13/h5-7,10-13,16,19-21H,3-4,14H2,1-2H3,(H,15,17)/t6?,7?,10-,11-,12?,13+/m0/s1. The Bertz CT molecular complexity index is 402. The molecule has 9 nitrogen and oxygen atoms in total. The number of nitrogens with two attached hydrogens (primary N) is 1. The Kier molecular flexibility index (Phi) is 6.85. The fraction of sp³-hybridized carbons (Fsp3) is 0.846. The Labute approximate surface area is 128 Å². The zero-order valence-corrected chi connectivity index (χ0v) is 12.5. The van der Waals surface area contributed by atoms with Crippen LogP contribution in [0.5, 0.6) is 0 Å². The van der Waals surface area contributed by atoms with Crippen molar-refractivity contribution in [2.24, 2.45) is 11.7 Å². The van der Waals surface area contributed by atoms with Gasteiger partial charge in [-0.1, -0.05) is 13.8 Å². The molecule has 1 rings (SSSR count). The summed E-state index contributed by atoms with van der Waals surface area (Å²) in [5.41, 5.74) is 5.62. The number of ether oxygens (including phenoxy) is 1. The third kappa shape index (κ3) is 4.45. The highest BCUT2D eigenvalue weighted by molar-refractivity contribution is 5.90. The van der Waals surface area contributed by atoms with Gasteiger partial charge in [-0.2, -0.15) is 0 Å². The van der Waals surface area contributed by atoms with E-state index >= 15 is 0 Å². The normalized spacial score (nSPS) is 33.5. The largest absolute Gasteiger partial charge is 0.394 e. The quantitative estimate of drug-likeness (QED) is 0.299. The van der Waals surface area contributed by atoms with Gasteiger partial charge in [0, 0.05) is 12.3 Å². The number of ketones is 1. The molecule has 7 N–H and O–H groups in total. The van der Waals surface area contributed by atoms with E-state index in [0.29, 0.717) is 0 Å². The molecule has 9 heteroatoms. The minimum Gasteiger partial charge on any atom is -0.394 e. The van der Waals surface area contributed by atoms with Crippen LogP contribution in [0, 0.1) is 5.92 Å². The van der Waals surface area contributed by atoms with Crippen molar-refractivity contribution in [3.63, 3.8) is 0 Å². The summed E-state index contributed by atoms with van der Waals surface area (Å²) >= 11 is 0. The summed E-state index contributed by atoms with van der Waals surface area (Å²) in [4.78, 5) is 23.5. The molecule has 1 fully saturated rings. The molecule has 3 unspecified atom stereocenters. The van der Waals surface area contributed by atoms with Crippen molar-refractivity contribution in [3.8, 4) is 0 Å². The predicted octanol–water partition coefficient (Wildman–Crippen LogP) is -3.15. The minimum atomic E-state index is -1.58. The highest BCUT2D eigenvalue weighted by Crippen LogP contribution is 2.19. The molecule has 1 saturated heterocycles. The smallest absolute Gasteiger partial charge is 0.224 e. The number of carbonyl (C=O) groups excluding carboxylic acids is 2. The van der Waals surface area contributed by atoms with Crippen LogP contribution in [0.1, 0.15) is 20.3 Å². The molecular formula is C13H24N2O7. The molecule has 128 valence electrons. The van der Waals surface area contributed by atoms with E-state index in [4.69, 9.17) is 15.6 Å². The summed E-state index contributed by atoms with van der Waals surface area (Å²) in [6.45, 7) is 2.73. The topological polar surface area (TPSA) is 162 Å². The number of aliphatic hydroxyl groups excluding tert-OH is 4. The second-order valence-corrected chi connectivity index (χ2v) is 5.68. The number of nitrogens with one attached hydrogen (secondary N) is 1. The summed E-state index contributed by atoms with van der Waals surface area (Å²) < 4.78 is 5.12. The van der Waals surface area contributed by atoms with Gasteiger partial charge in [0.15, 0.2) is 12.0 Å². The second-order valence-electron chi connectivity index (χ2n) is 5.68. The van der Waals surface area contributed by atoms with Crippen LogP contribution in [0.2, 0.25) is 0 Å². The Morgan fingerprint density at radius 3 is 2.27 bits per heavy atom. The van der Waals surface area contributed by atoms with E-state index in [9.17, 15) is 24.9 Å². The van der Waals surface area contributed by atoms with Crippen molar-refractivity contribution >= 4 is 11.7 Å². The lowest BCUT2D eigenvalue weighted by Crippen LogP contribution is -2.63. The minimum absolute atomic E-state index is 0.274. The van der Waals surface area contributed by atoms with Crippen LogP contribution in [0.3, 0.4) is 0 Å². The highest BCUT2D eigenvalue weighted by atomic mass is 16.6. The highest BCUT2D eigenvalue weighted by Gasteiger charge is 2.44. The molecule has 1 amide bonds. The number of hydrogen-bond acceptors (Lipinski definition) is 8. The molecule has 1 aliphatic heterocycles. The first-order valence-electron chi connectivity index (χ1n) is 7.08. The summed E-state index contributed by atoms with van der Waals surface area (Å²) in [6.07, 6.45) is -7.38. The van der Waals surface area contributed by atoms with Crippen LogP contribution in [0.4, 0.5) is 0 Å². The summed E-state index contributed by atoms with van der Waals surface area (Å²) in [7, 11) is 0. The van der Waals surface area contributed by atoms with Gasteiger partial charge in [-0.05, 0) is 0 Å². The van der Waals surface area contributed by atoms with Gasteiger partial charge in [0.2, 0.25) is 5.91 Å². The molecule has 0 aromatic rings. The van der Waals surface area contributed by atoms with Gasteiger partial charge in [0.05, 0.1) is 12.6 Å². The fourth-order valence-corrected chi connectivity index (χ4v) is 2.17. The molecular weight excluding hydrogens is 296 g/mol. The van der Waals surface area contributed by atoms with Crippen LogP contribution < -0.4 is 11.1 Å². The molecule has 0 spiro atoms. The summed E-state index contributed by atoms with van der Waals surface area (Å²) in [5.74, 6) is -1.23. The Morgan fingerprint density at radius 1 is 1.18 bits per heavy atom. The van der Waals surface area contributed by atoms with Crippen molar-refractivity contribution in [3.05, 3.63) is 0 Å². The van der Waals surface area contributed by atoms with Gasteiger partial charge < -0.3 is 36.2 Å². The van der Waals surface area contributed by atoms with Gasteiger partial charge in [-0.3, -0.25) is 9.59 Å². The molecule has 0 aromatic heterocycles. The van der Waals surface area contributed by atoms with Crippen LogP contribution in [-0.4, -0.2) is 75.4 Å². The molecule has 1 heterocycles. The third-order valence-corrected chi connectivity index (χ3v) is 3.54. The Balaban J connectivity index is 2.61. The average Bonchev–Trinajstić information content (AvgIpc) is 2.46. The summed E-state index contributed by atoms with van der Waals surface area (Å²) in [6, 6.07) is -0.982. The van der Waals surface area contributed by atoms with E-state index in [-0.39, 0.29) is 18.1 Å². The molecule has 6 atom stereocenters. The second kappa shape index (κ2) is 7.95. The molecule has 22 heavy (non-hydrogen) atoms. The lowest BCUT2D eigenvalue weighted by Gasteiger charge is -2.40. The fourth-order valence-electron chi connectivity index (χ4n) is 2.17. The lowest BCUT2D eigenvalue weighted by molar-refractivity contribution is -0.236. The number of Topliss-reactive ketones (excluding diaryl/α,β-unsaturated/α-hetero) is 1. The van der Waals surface area contributed by atoms with Crippen LogP contribution in [-0.2, 0) is 14.3 Å². The zero-order chi connectivity index (χ0) is 17.0. The van der Waals surface area contributed by atoms with Gasteiger partial charge in [-0.15, -0.1) is 0 Å². The van der Waals surface area contributed by atoms with E-state index in [1.54, 1.807) is 13.8 Å². The van der Waals surface area contributed by atoms with Crippen molar-refractivity contribution in [2.45, 2.75) is 57.0 Å². The van der Waals surface area contributed by atoms with E-state index in [1.165, 1.54) is 0 Å². The SMILES string of the molecule is CC(C)C(=O)C(N)CC(=O)N[C@@H]1OC(CO)[C@H](O)[C@H](O)C1O. The van der Waals surface area contributed by atoms with Crippen LogP contribution in [0.15, 0.2) is 0 Å². The number of aliphatic hydroxyl groups is 4. The van der Waals surface area contributed by atoms with Crippen LogP contribution in [0.25, 0.3) is 0 Å². The van der Waals surface area contributed by atoms with E-state index in [1.807, 2.05) is 0 Å². The van der Waals surface area contributed by atoms with E-state index in [2.05, 4.69) is 5.32 Å². The van der Waals surface area contributed by atoms with Gasteiger partial charge in [0.1, 0.15) is 24.4 Å². The van der Waals surface area contributed by atoms with E-state index in [0.717, 1.165) is 0 Å². The number of hydrogen-bond donors (Lipinski definition) is 6. The molecule has 1 aliphatic rings. The first-order chi connectivity index (χ1) is 10.2. The molecule has 0 aromatic carbocycles. The van der Waals surface area contributed by atoms with Gasteiger partial charge in [-0.25, -0.2) is 0 Å². The van der Waals surface area contributed by atoms with Gasteiger partial charge >= 0.3 is 0 Å². The van der Waals surface area contributed by atoms with Crippen LogP contribution >= 0.6 is 0 Å². The lowest BCUT2D eigenvalue weighted by atomic mass is 9.97. The van der Waals surface area contributed by atoms with Gasteiger partial charge in [0.25, 0.3) is 0 Å². The maximum absolute atomic E-state index is 11.8. The van der Waals surface area contributed by atoms with Crippen molar-refractivity contribution < 1.29 is 34.8 Å². The predicted molar refractivity (Wildman–Crippen MR) is 74.3 cm³/mol. The molecule has 0 radical (unpaired) electrons. The average molecular weight is 320 g/mol. The van der Waals surface area contributed by atoms with Crippen molar-refractivity contribution in [1.29, 1.82) is 0 Å². The van der Waals surface area contributed by atoms with Crippen molar-refractivity contribution in [2.75, 3.05) is 6.61 Å². The number of rotatable bonds is 6. The maximum atomic E-state index is 11.8. The zero-order valence-electron chi connectivity index (χ0n) is 12.5.